The van der Waals surface area contributed by atoms with Gasteiger partial charge in [-0.25, -0.2) is 0 Å². The number of methoxy groups -OCH3 is 1. The van der Waals surface area contributed by atoms with Crippen molar-refractivity contribution < 1.29 is 18.7 Å². The number of rotatable bonds is 3. The maximum absolute atomic E-state index is 9.18. The van der Waals surface area contributed by atoms with Gasteiger partial charge in [-0.1, -0.05) is 0 Å². The third-order valence-corrected chi connectivity index (χ3v) is 1.76. The van der Waals surface area contributed by atoms with Crippen LogP contribution in [0.2, 0.25) is 0 Å². The molecule has 0 amide bonds. The predicted octanol–water partition coefficient (Wildman–Crippen LogP) is 2.02. The van der Waals surface area contributed by atoms with E-state index in [1.54, 1.807) is 38.6 Å². The van der Waals surface area contributed by atoms with Crippen LogP contribution in [0.5, 0.6) is 5.75 Å². The van der Waals surface area contributed by atoms with Crippen molar-refractivity contribution in [2.24, 2.45) is 0 Å². The van der Waals surface area contributed by atoms with Crippen molar-refractivity contribution in [2.45, 2.75) is 6.92 Å². The number of carbonyl (C=O) groups is 1. The van der Waals surface area contributed by atoms with Gasteiger partial charge < -0.3 is 13.9 Å². The van der Waals surface area contributed by atoms with E-state index in [0.29, 0.717) is 18.7 Å². The number of hydrogen-bond donors (Lipinski definition) is 0. The summed E-state index contributed by atoms with van der Waals surface area (Å²) >= 11 is 0. The molecule has 0 unspecified atom stereocenters. The maximum atomic E-state index is 9.18. The van der Waals surface area contributed by atoms with Crippen LogP contribution in [-0.4, -0.2) is 25.2 Å². The van der Waals surface area contributed by atoms with Crippen molar-refractivity contribution in [3.63, 3.8) is 0 Å². The molecule has 0 saturated heterocycles. The molecule has 2 rings (SSSR count). The minimum absolute atomic E-state index is 0.431. The van der Waals surface area contributed by atoms with Crippen LogP contribution in [0.1, 0.15) is 6.92 Å². The minimum atomic E-state index is 0.431. The molecule has 86 valence electrons. The molecule has 0 aromatic carbocycles. The molecule has 0 atom stereocenters. The largest absolute Gasteiger partial charge is 0.493 e. The van der Waals surface area contributed by atoms with Crippen LogP contribution in [-0.2, 0) is 9.53 Å². The summed E-state index contributed by atoms with van der Waals surface area (Å²) < 4.78 is 14.4. The molecule has 16 heavy (non-hydrogen) atoms. The lowest BCUT2D eigenvalue weighted by molar-refractivity contribution is -0.128. The van der Waals surface area contributed by atoms with Gasteiger partial charge >= 0.3 is 0 Å². The molecule has 2 aromatic rings. The Bertz CT molecular complexity index is 438. The molecule has 5 heteroatoms. The topological polar surface area (TPSA) is 61.6 Å². The van der Waals surface area contributed by atoms with Gasteiger partial charge in [0.15, 0.2) is 11.3 Å². The van der Waals surface area contributed by atoms with E-state index in [9.17, 15) is 4.79 Å². The zero-order valence-corrected chi connectivity index (χ0v) is 9.17. The van der Waals surface area contributed by atoms with Crippen LogP contribution in [0.4, 0.5) is 0 Å². The Labute approximate surface area is 93.0 Å². The molecule has 0 radical (unpaired) electrons. The molecule has 0 spiro atoms. The van der Waals surface area contributed by atoms with Crippen molar-refractivity contribution in [2.75, 3.05) is 13.7 Å². The SMILES string of the molecule is CCOC=O.COc1ccnc2ccoc12. The number of carbonyl (C=O) groups excluding carboxylic acids is 1. The quantitative estimate of drug-likeness (QED) is 0.745. The lowest BCUT2D eigenvalue weighted by Gasteiger charge is -1.97. The molecule has 0 aliphatic carbocycles. The third kappa shape index (κ3) is 2.98. The number of nitrogens with zero attached hydrogens (tertiary/aromatic N) is 1. The molecule has 0 N–H and O–H groups in total. The number of ether oxygens (including phenoxy) is 2. The summed E-state index contributed by atoms with van der Waals surface area (Å²) in [6, 6.07) is 3.57. The van der Waals surface area contributed by atoms with Gasteiger partial charge in [-0.3, -0.25) is 9.78 Å². The highest BCUT2D eigenvalue weighted by Crippen LogP contribution is 2.23. The van der Waals surface area contributed by atoms with E-state index >= 15 is 0 Å². The van der Waals surface area contributed by atoms with E-state index in [4.69, 9.17) is 9.15 Å². The second-order valence-corrected chi connectivity index (χ2v) is 2.70. The minimum Gasteiger partial charge on any atom is -0.493 e. The van der Waals surface area contributed by atoms with E-state index < -0.39 is 0 Å². The Morgan fingerprint density at radius 1 is 1.50 bits per heavy atom. The molecule has 2 aromatic heterocycles. The second kappa shape index (κ2) is 6.44. The number of pyridine rings is 1. The first kappa shape index (κ1) is 12.0. The van der Waals surface area contributed by atoms with E-state index in [1.165, 1.54) is 0 Å². The molecule has 0 saturated carbocycles. The van der Waals surface area contributed by atoms with Gasteiger partial charge in [0.1, 0.15) is 5.52 Å². The summed E-state index contributed by atoms with van der Waals surface area (Å²) in [6.45, 7) is 2.66. The van der Waals surface area contributed by atoms with Crippen LogP contribution in [0.15, 0.2) is 29.0 Å². The number of aromatic nitrogens is 1. The Kier molecular flexibility index (Phi) is 4.85. The highest BCUT2D eigenvalue weighted by molar-refractivity contribution is 5.78. The fourth-order valence-electron chi connectivity index (χ4n) is 1.08. The van der Waals surface area contributed by atoms with E-state index in [0.717, 1.165) is 11.3 Å². The standard InChI is InChI=1S/C8H7NO2.C3H6O2/c1-10-7-2-4-9-6-3-5-11-8(6)7;1-2-5-3-4/h2-5H,1H3;3H,2H2,1H3. The van der Waals surface area contributed by atoms with Crippen LogP contribution in [0.25, 0.3) is 11.1 Å². The predicted molar refractivity (Wildman–Crippen MR) is 58.3 cm³/mol. The second-order valence-electron chi connectivity index (χ2n) is 2.70. The first-order valence-electron chi connectivity index (χ1n) is 4.75. The molecule has 0 fully saturated rings. The first-order chi connectivity index (χ1) is 7.83. The molecule has 0 bridgehead atoms. The summed E-state index contributed by atoms with van der Waals surface area (Å²) in [5.41, 5.74) is 1.53. The van der Waals surface area contributed by atoms with Crippen LogP contribution >= 0.6 is 0 Å². The molecule has 0 aliphatic rings. The summed E-state index contributed by atoms with van der Waals surface area (Å²) in [6.07, 6.45) is 3.29. The van der Waals surface area contributed by atoms with Crippen LogP contribution in [0, 0.1) is 0 Å². The van der Waals surface area contributed by atoms with Crippen molar-refractivity contribution in [1.82, 2.24) is 4.98 Å². The summed E-state index contributed by atoms with van der Waals surface area (Å²) in [5, 5.41) is 0. The van der Waals surface area contributed by atoms with Gasteiger partial charge in [-0.2, -0.15) is 0 Å². The number of hydrogen-bond acceptors (Lipinski definition) is 5. The molecule has 5 nitrogen and oxygen atoms in total. The van der Waals surface area contributed by atoms with Gasteiger partial charge in [0.2, 0.25) is 0 Å². The third-order valence-electron chi connectivity index (χ3n) is 1.76. The highest BCUT2D eigenvalue weighted by atomic mass is 16.5. The zero-order chi connectivity index (χ0) is 11.8. The Morgan fingerprint density at radius 3 is 2.88 bits per heavy atom. The summed E-state index contributed by atoms with van der Waals surface area (Å²) in [5.74, 6) is 0.722. The average Bonchev–Trinajstić information content (AvgIpc) is 2.78. The maximum Gasteiger partial charge on any atom is 0.293 e. The van der Waals surface area contributed by atoms with Gasteiger partial charge in [-0.05, 0) is 6.92 Å². The number of fused-ring (bicyclic) bond motifs is 1. The van der Waals surface area contributed by atoms with Crippen molar-refractivity contribution >= 4 is 17.6 Å². The van der Waals surface area contributed by atoms with E-state index in [1.807, 2.05) is 0 Å². The van der Waals surface area contributed by atoms with Gasteiger partial charge in [-0.15, -0.1) is 0 Å². The van der Waals surface area contributed by atoms with Crippen LogP contribution < -0.4 is 4.74 Å². The van der Waals surface area contributed by atoms with Gasteiger partial charge in [0, 0.05) is 18.3 Å². The van der Waals surface area contributed by atoms with Crippen molar-refractivity contribution in [3.05, 3.63) is 24.6 Å². The smallest absolute Gasteiger partial charge is 0.293 e. The Hall–Kier alpha value is -2.04. The lowest BCUT2D eigenvalue weighted by Crippen LogP contribution is -1.83. The molecular weight excluding hydrogens is 210 g/mol. The lowest BCUT2D eigenvalue weighted by atomic mass is 10.4. The van der Waals surface area contributed by atoms with Gasteiger partial charge in [0.25, 0.3) is 6.47 Å². The highest BCUT2D eigenvalue weighted by Gasteiger charge is 2.02. The fraction of sp³-hybridized carbons (Fsp3) is 0.273. The van der Waals surface area contributed by atoms with Crippen molar-refractivity contribution in [1.29, 1.82) is 0 Å². The van der Waals surface area contributed by atoms with E-state index in [2.05, 4.69) is 9.72 Å². The van der Waals surface area contributed by atoms with E-state index in [-0.39, 0.29) is 0 Å². The number of furan rings is 1. The molecule has 0 aliphatic heterocycles. The van der Waals surface area contributed by atoms with Crippen LogP contribution in [0.3, 0.4) is 0 Å². The monoisotopic (exact) mass is 223 g/mol. The summed E-state index contributed by atoms with van der Waals surface area (Å²) in [4.78, 5) is 13.3. The zero-order valence-electron chi connectivity index (χ0n) is 9.17. The average molecular weight is 223 g/mol. The normalized spacial score (nSPS) is 9.12. The van der Waals surface area contributed by atoms with Crippen molar-refractivity contribution in [3.8, 4) is 5.75 Å². The van der Waals surface area contributed by atoms with Gasteiger partial charge in [0.05, 0.1) is 20.0 Å². The summed E-state index contributed by atoms with van der Waals surface area (Å²) in [7, 11) is 1.61. The fourth-order valence-corrected chi connectivity index (χ4v) is 1.08. The molecule has 2 heterocycles. The Morgan fingerprint density at radius 2 is 2.31 bits per heavy atom. The Balaban J connectivity index is 0.000000221. The molecular formula is C11H13NO4. The first-order valence-corrected chi connectivity index (χ1v) is 4.75.